The monoisotopic (exact) mass is 251 g/mol. The smallest absolute Gasteiger partial charge is 0.166 e. The summed E-state index contributed by atoms with van der Waals surface area (Å²) in [5.74, 6) is 0.463. The van der Waals surface area contributed by atoms with Gasteiger partial charge in [-0.05, 0) is 63.7 Å². The van der Waals surface area contributed by atoms with Crippen molar-refractivity contribution in [3.8, 4) is 0 Å². The molecule has 1 aliphatic rings. The summed E-state index contributed by atoms with van der Waals surface area (Å²) in [6.45, 7) is 3.97. The fraction of sp³-hybridized carbons (Fsp3) is 0.500. The summed E-state index contributed by atoms with van der Waals surface area (Å²) in [4.78, 5) is 14.6. The zero-order chi connectivity index (χ0) is 12.4. The standard InChI is InChI=1S/C14H18ClNO/c1-10-9-12(3-4-13(10)15)14(17)11-5-7-16(2)8-6-11/h3-4,9,11H,5-8H2,1-2H3. The molecule has 1 saturated heterocycles. The van der Waals surface area contributed by atoms with Crippen LogP contribution >= 0.6 is 11.6 Å². The van der Waals surface area contributed by atoms with Crippen LogP contribution in [0.5, 0.6) is 0 Å². The number of carbonyl (C=O) groups is 1. The van der Waals surface area contributed by atoms with Gasteiger partial charge in [-0.15, -0.1) is 0 Å². The molecule has 3 heteroatoms. The van der Waals surface area contributed by atoms with Gasteiger partial charge in [-0.25, -0.2) is 0 Å². The van der Waals surface area contributed by atoms with Crippen LogP contribution in [0.2, 0.25) is 5.02 Å². The second-order valence-corrected chi connectivity index (χ2v) is 5.31. The van der Waals surface area contributed by atoms with E-state index in [9.17, 15) is 4.79 Å². The van der Waals surface area contributed by atoms with Gasteiger partial charge in [0.2, 0.25) is 0 Å². The molecule has 0 aromatic heterocycles. The first-order valence-electron chi connectivity index (χ1n) is 6.07. The van der Waals surface area contributed by atoms with E-state index in [1.54, 1.807) is 0 Å². The zero-order valence-corrected chi connectivity index (χ0v) is 11.1. The Hall–Kier alpha value is -0.860. The van der Waals surface area contributed by atoms with Gasteiger partial charge in [0.15, 0.2) is 5.78 Å². The molecule has 0 saturated carbocycles. The number of ketones is 1. The van der Waals surface area contributed by atoms with Gasteiger partial charge in [-0.2, -0.15) is 0 Å². The number of hydrogen-bond donors (Lipinski definition) is 0. The summed E-state index contributed by atoms with van der Waals surface area (Å²) in [6.07, 6.45) is 1.94. The molecule has 1 heterocycles. The number of likely N-dealkylation sites (tertiary alicyclic amines) is 1. The van der Waals surface area contributed by atoms with Crippen molar-refractivity contribution in [1.29, 1.82) is 0 Å². The van der Waals surface area contributed by atoms with E-state index in [1.165, 1.54) is 0 Å². The molecule has 2 nitrogen and oxygen atoms in total. The van der Waals surface area contributed by atoms with E-state index in [1.807, 2.05) is 25.1 Å². The van der Waals surface area contributed by atoms with Crippen molar-refractivity contribution in [3.63, 3.8) is 0 Å². The van der Waals surface area contributed by atoms with Gasteiger partial charge >= 0.3 is 0 Å². The first-order valence-corrected chi connectivity index (χ1v) is 6.44. The Balaban J connectivity index is 2.11. The molecular formula is C14H18ClNO. The summed E-state index contributed by atoms with van der Waals surface area (Å²) in [6, 6.07) is 5.57. The van der Waals surface area contributed by atoms with E-state index in [-0.39, 0.29) is 11.7 Å². The largest absolute Gasteiger partial charge is 0.306 e. The van der Waals surface area contributed by atoms with Crippen molar-refractivity contribution in [2.45, 2.75) is 19.8 Å². The van der Waals surface area contributed by atoms with Crippen LogP contribution in [0.1, 0.15) is 28.8 Å². The Kier molecular flexibility index (Phi) is 3.85. The number of halogens is 1. The van der Waals surface area contributed by atoms with Crippen molar-refractivity contribution in [2.24, 2.45) is 5.92 Å². The van der Waals surface area contributed by atoms with E-state index in [2.05, 4.69) is 11.9 Å². The average Bonchev–Trinajstić information content (AvgIpc) is 2.33. The molecule has 0 unspecified atom stereocenters. The van der Waals surface area contributed by atoms with Gasteiger partial charge in [-0.3, -0.25) is 4.79 Å². The lowest BCUT2D eigenvalue weighted by atomic mass is 9.88. The number of nitrogens with zero attached hydrogens (tertiary/aromatic N) is 1. The lowest BCUT2D eigenvalue weighted by Crippen LogP contribution is -2.33. The normalized spacial score (nSPS) is 18.3. The number of benzene rings is 1. The van der Waals surface area contributed by atoms with Crippen molar-refractivity contribution in [1.82, 2.24) is 4.90 Å². The van der Waals surface area contributed by atoms with E-state index >= 15 is 0 Å². The van der Waals surface area contributed by atoms with Crippen LogP contribution in [0.3, 0.4) is 0 Å². The summed E-state index contributed by atoms with van der Waals surface area (Å²) < 4.78 is 0. The summed E-state index contributed by atoms with van der Waals surface area (Å²) >= 11 is 5.97. The van der Waals surface area contributed by atoms with Crippen molar-refractivity contribution in [2.75, 3.05) is 20.1 Å². The van der Waals surface area contributed by atoms with Crippen LogP contribution in [0.25, 0.3) is 0 Å². The third-order valence-corrected chi connectivity index (χ3v) is 3.96. The average molecular weight is 252 g/mol. The number of hydrogen-bond acceptors (Lipinski definition) is 2. The van der Waals surface area contributed by atoms with Crippen LogP contribution in [0.4, 0.5) is 0 Å². The second-order valence-electron chi connectivity index (χ2n) is 4.91. The molecule has 0 N–H and O–H groups in total. The fourth-order valence-electron chi connectivity index (χ4n) is 2.30. The third kappa shape index (κ3) is 2.88. The molecule has 1 aromatic rings. The molecule has 1 aliphatic heterocycles. The molecule has 0 bridgehead atoms. The molecule has 0 radical (unpaired) electrons. The topological polar surface area (TPSA) is 20.3 Å². The third-order valence-electron chi connectivity index (χ3n) is 3.53. The molecule has 0 aliphatic carbocycles. The Morgan fingerprint density at radius 2 is 2.00 bits per heavy atom. The van der Waals surface area contributed by atoms with Gasteiger partial charge in [0.25, 0.3) is 0 Å². The van der Waals surface area contributed by atoms with Gasteiger partial charge in [0.05, 0.1) is 0 Å². The Morgan fingerprint density at radius 1 is 1.35 bits per heavy atom. The molecule has 1 fully saturated rings. The SMILES string of the molecule is Cc1cc(C(=O)C2CCN(C)CC2)ccc1Cl. The highest BCUT2D eigenvalue weighted by molar-refractivity contribution is 6.31. The maximum atomic E-state index is 12.3. The molecular weight excluding hydrogens is 234 g/mol. The van der Waals surface area contributed by atoms with Crippen LogP contribution in [-0.4, -0.2) is 30.8 Å². The van der Waals surface area contributed by atoms with Crippen molar-refractivity contribution < 1.29 is 4.79 Å². The summed E-state index contributed by atoms with van der Waals surface area (Å²) in [5.41, 5.74) is 1.78. The Labute approximate surface area is 108 Å². The summed E-state index contributed by atoms with van der Waals surface area (Å²) in [7, 11) is 2.10. The summed E-state index contributed by atoms with van der Waals surface area (Å²) in [5, 5.41) is 0.727. The zero-order valence-electron chi connectivity index (χ0n) is 10.4. The van der Waals surface area contributed by atoms with E-state index in [4.69, 9.17) is 11.6 Å². The van der Waals surface area contributed by atoms with Crippen molar-refractivity contribution in [3.05, 3.63) is 34.3 Å². The van der Waals surface area contributed by atoms with Crippen LogP contribution < -0.4 is 0 Å². The van der Waals surface area contributed by atoms with Gasteiger partial charge in [-0.1, -0.05) is 11.6 Å². The van der Waals surface area contributed by atoms with E-state index in [0.717, 1.165) is 42.1 Å². The number of aryl methyl sites for hydroxylation is 1. The highest BCUT2D eigenvalue weighted by Crippen LogP contribution is 2.23. The minimum atomic E-state index is 0.187. The molecule has 0 amide bonds. The minimum absolute atomic E-state index is 0.187. The molecule has 17 heavy (non-hydrogen) atoms. The van der Waals surface area contributed by atoms with Crippen LogP contribution in [0.15, 0.2) is 18.2 Å². The predicted octanol–water partition coefficient (Wildman–Crippen LogP) is 3.17. The van der Waals surface area contributed by atoms with Gasteiger partial charge in [0.1, 0.15) is 0 Å². The maximum Gasteiger partial charge on any atom is 0.166 e. The quantitative estimate of drug-likeness (QED) is 0.753. The number of carbonyl (C=O) groups excluding carboxylic acids is 1. The first kappa shape index (κ1) is 12.6. The van der Waals surface area contributed by atoms with Gasteiger partial charge in [0, 0.05) is 16.5 Å². The first-order chi connectivity index (χ1) is 8.08. The molecule has 0 atom stereocenters. The van der Waals surface area contributed by atoms with Gasteiger partial charge < -0.3 is 4.90 Å². The van der Waals surface area contributed by atoms with Crippen LogP contribution in [0, 0.1) is 12.8 Å². The predicted molar refractivity (Wildman–Crippen MR) is 70.7 cm³/mol. The fourth-order valence-corrected chi connectivity index (χ4v) is 2.42. The van der Waals surface area contributed by atoms with E-state index < -0.39 is 0 Å². The Bertz CT molecular complexity index is 422. The highest BCUT2D eigenvalue weighted by atomic mass is 35.5. The molecule has 0 spiro atoms. The molecule has 1 aromatic carbocycles. The number of piperidine rings is 1. The van der Waals surface area contributed by atoms with Crippen molar-refractivity contribution >= 4 is 17.4 Å². The Morgan fingerprint density at radius 3 is 2.59 bits per heavy atom. The second kappa shape index (κ2) is 5.19. The van der Waals surface area contributed by atoms with Crippen LogP contribution in [-0.2, 0) is 0 Å². The number of rotatable bonds is 2. The molecule has 92 valence electrons. The highest BCUT2D eigenvalue weighted by Gasteiger charge is 2.24. The number of Topliss-reactive ketones (excluding diaryl/α,β-unsaturated/α-hetero) is 1. The maximum absolute atomic E-state index is 12.3. The van der Waals surface area contributed by atoms with E-state index in [0.29, 0.717) is 0 Å². The molecule has 2 rings (SSSR count). The lowest BCUT2D eigenvalue weighted by molar-refractivity contribution is 0.0856. The minimum Gasteiger partial charge on any atom is -0.306 e. The lowest BCUT2D eigenvalue weighted by Gasteiger charge is -2.28.